The first kappa shape index (κ1) is 24.3. The molecule has 1 aliphatic rings. The van der Waals surface area contributed by atoms with Gasteiger partial charge in [-0.15, -0.1) is 38.0 Å². The number of nitrogens with one attached hydrogen (secondary N) is 1. The van der Waals surface area contributed by atoms with E-state index in [1.54, 1.807) is 0 Å². The summed E-state index contributed by atoms with van der Waals surface area (Å²) in [5, 5.41) is 12.7. The van der Waals surface area contributed by atoms with Gasteiger partial charge in [0, 0.05) is 37.8 Å². The van der Waals surface area contributed by atoms with E-state index in [0.717, 1.165) is 19.2 Å². The zero-order chi connectivity index (χ0) is 18.7. The predicted octanol–water partition coefficient (Wildman–Crippen LogP) is 4.27. The molecule has 1 heterocycles. The molecule has 2 N–H and O–H groups in total. The van der Waals surface area contributed by atoms with Crippen LogP contribution in [0.2, 0.25) is 0 Å². The zero-order valence-electron chi connectivity index (χ0n) is 14.6. The molecule has 0 radical (unpaired) electrons. The number of phenolic OH excluding ortho intramolecular Hbond substituents is 1. The van der Waals surface area contributed by atoms with Crippen molar-refractivity contribution < 1.29 is 27.4 Å². The van der Waals surface area contributed by atoms with Crippen molar-refractivity contribution in [3.05, 3.63) is 59.4 Å². The second-order valence-corrected chi connectivity index (χ2v) is 6.01. The Morgan fingerprint density at radius 1 is 1.00 bits per heavy atom. The molecule has 0 aliphatic carbocycles. The summed E-state index contributed by atoms with van der Waals surface area (Å²) in [6.07, 6.45) is -4.76. The summed E-state index contributed by atoms with van der Waals surface area (Å²) in [6, 6.07) is 8.89. The Hall–Kier alpha value is -1.74. The average molecular weight is 443 g/mol. The first-order valence-electron chi connectivity index (χ1n) is 8.12. The number of aromatic hydroxyl groups is 1. The van der Waals surface area contributed by atoms with Crippen LogP contribution >= 0.6 is 24.8 Å². The van der Waals surface area contributed by atoms with Crippen LogP contribution in [0.25, 0.3) is 0 Å². The van der Waals surface area contributed by atoms with E-state index in [0.29, 0.717) is 24.2 Å². The molecule has 2 aromatic rings. The van der Waals surface area contributed by atoms with Crippen molar-refractivity contribution in [2.75, 3.05) is 26.2 Å². The summed E-state index contributed by atoms with van der Waals surface area (Å²) in [4.78, 5) is 2.05. The molecule has 0 unspecified atom stereocenters. The van der Waals surface area contributed by atoms with Gasteiger partial charge in [0.25, 0.3) is 0 Å². The number of benzene rings is 2. The van der Waals surface area contributed by atoms with Gasteiger partial charge in [-0.25, -0.2) is 4.39 Å². The minimum Gasteiger partial charge on any atom is -0.508 e. The van der Waals surface area contributed by atoms with E-state index >= 15 is 0 Å². The molecule has 0 spiro atoms. The SMILES string of the molecule is Cl.Cl.Oc1ccc([C@H](c2ccc(OC(F)(F)F)cc2)N2CCNCC2)c(F)c1. The summed E-state index contributed by atoms with van der Waals surface area (Å²) < 4.78 is 55.4. The topological polar surface area (TPSA) is 44.7 Å². The molecular formula is C18H20Cl2F4N2O2. The van der Waals surface area contributed by atoms with Gasteiger partial charge in [-0.2, -0.15) is 0 Å². The molecule has 10 heteroatoms. The van der Waals surface area contributed by atoms with Crippen LogP contribution < -0.4 is 10.1 Å². The molecule has 1 atom stereocenters. The van der Waals surface area contributed by atoms with E-state index in [1.807, 2.05) is 4.90 Å². The van der Waals surface area contributed by atoms with Gasteiger partial charge in [-0.1, -0.05) is 18.2 Å². The quantitative estimate of drug-likeness (QED) is 0.694. The summed E-state index contributed by atoms with van der Waals surface area (Å²) in [5.74, 6) is -1.07. The van der Waals surface area contributed by atoms with Crippen LogP contribution in [0.3, 0.4) is 0 Å². The molecule has 3 rings (SSSR count). The van der Waals surface area contributed by atoms with Crippen molar-refractivity contribution in [1.82, 2.24) is 10.2 Å². The van der Waals surface area contributed by atoms with Crippen LogP contribution in [0.1, 0.15) is 17.2 Å². The van der Waals surface area contributed by atoms with E-state index in [-0.39, 0.29) is 36.3 Å². The van der Waals surface area contributed by atoms with Gasteiger partial charge in [0.15, 0.2) is 0 Å². The fraction of sp³-hybridized carbons (Fsp3) is 0.333. The predicted molar refractivity (Wildman–Crippen MR) is 102 cm³/mol. The highest BCUT2D eigenvalue weighted by Gasteiger charge is 2.31. The molecule has 1 fully saturated rings. The maximum absolute atomic E-state index is 14.5. The van der Waals surface area contributed by atoms with Gasteiger partial charge in [-0.05, 0) is 23.8 Å². The Morgan fingerprint density at radius 3 is 2.14 bits per heavy atom. The monoisotopic (exact) mass is 442 g/mol. The number of nitrogens with zero attached hydrogens (tertiary/aromatic N) is 1. The number of halogens is 6. The molecule has 4 nitrogen and oxygen atoms in total. The largest absolute Gasteiger partial charge is 0.573 e. The van der Waals surface area contributed by atoms with Crippen molar-refractivity contribution in [2.24, 2.45) is 0 Å². The van der Waals surface area contributed by atoms with Gasteiger partial charge < -0.3 is 15.2 Å². The van der Waals surface area contributed by atoms with Crippen LogP contribution in [-0.2, 0) is 0 Å². The summed E-state index contributed by atoms with van der Waals surface area (Å²) >= 11 is 0. The van der Waals surface area contributed by atoms with Gasteiger partial charge in [0.05, 0.1) is 6.04 Å². The lowest BCUT2D eigenvalue weighted by Crippen LogP contribution is -2.45. The lowest BCUT2D eigenvalue weighted by molar-refractivity contribution is -0.274. The fourth-order valence-electron chi connectivity index (χ4n) is 3.12. The molecule has 1 aliphatic heterocycles. The van der Waals surface area contributed by atoms with Crippen molar-refractivity contribution in [3.8, 4) is 11.5 Å². The zero-order valence-corrected chi connectivity index (χ0v) is 16.2. The van der Waals surface area contributed by atoms with Crippen LogP contribution in [0.15, 0.2) is 42.5 Å². The third-order valence-electron chi connectivity index (χ3n) is 4.22. The maximum Gasteiger partial charge on any atom is 0.573 e. The highest BCUT2D eigenvalue weighted by atomic mass is 35.5. The van der Waals surface area contributed by atoms with E-state index in [2.05, 4.69) is 10.1 Å². The number of piperazine rings is 1. The van der Waals surface area contributed by atoms with Crippen LogP contribution in [0, 0.1) is 5.82 Å². The van der Waals surface area contributed by atoms with Crippen molar-refractivity contribution in [1.29, 1.82) is 0 Å². The van der Waals surface area contributed by atoms with Crippen molar-refractivity contribution >= 4 is 24.8 Å². The number of phenols is 1. The second-order valence-electron chi connectivity index (χ2n) is 6.01. The highest BCUT2D eigenvalue weighted by molar-refractivity contribution is 5.85. The summed E-state index contributed by atoms with van der Waals surface area (Å²) in [5.41, 5.74) is 1.00. The van der Waals surface area contributed by atoms with Gasteiger partial charge in [-0.3, -0.25) is 4.90 Å². The molecule has 0 saturated carbocycles. The Balaban J connectivity index is 0.00000196. The van der Waals surface area contributed by atoms with Gasteiger partial charge >= 0.3 is 6.36 Å². The molecule has 1 saturated heterocycles. The Morgan fingerprint density at radius 2 is 1.61 bits per heavy atom. The van der Waals surface area contributed by atoms with E-state index in [1.165, 1.54) is 36.4 Å². The van der Waals surface area contributed by atoms with Crippen LogP contribution in [-0.4, -0.2) is 42.5 Å². The average Bonchev–Trinajstić information content (AvgIpc) is 2.58. The standard InChI is InChI=1S/C18H18F4N2O2.2ClH/c19-16-11-13(25)3-6-15(16)17(24-9-7-23-8-10-24)12-1-4-14(5-2-12)26-18(20,21)22;;/h1-6,11,17,23,25H,7-10H2;2*1H/t17-;;/m0../s1. The van der Waals surface area contributed by atoms with Crippen molar-refractivity contribution in [2.45, 2.75) is 12.4 Å². The number of alkyl halides is 3. The normalized spacial score (nSPS) is 15.9. The Labute approximate surface area is 172 Å². The van der Waals surface area contributed by atoms with E-state index in [9.17, 15) is 22.7 Å². The molecule has 156 valence electrons. The van der Waals surface area contributed by atoms with E-state index < -0.39 is 18.2 Å². The third-order valence-corrected chi connectivity index (χ3v) is 4.22. The van der Waals surface area contributed by atoms with Gasteiger partial charge in [0.1, 0.15) is 17.3 Å². The molecule has 2 aromatic carbocycles. The summed E-state index contributed by atoms with van der Waals surface area (Å²) in [6.45, 7) is 2.77. The molecule has 0 amide bonds. The second kappa shape index (κ2) is 10.2. The Kier molecular flexibility index (Phi) is 8.81. The number of hydrogen-bond acceptors (Lipinski definition) is 4. The highest BCUT2D eigenvalue weighted by Crippen LogP contribution is 2.33. The molecule has 0 aromatic heterocycles. The first-order valence-corrected chi connectivity index (χ1v) is 8.12. The van der Waals surface area contributed by atoms with E-state index in [4.69, 9.17) is 0 Å². The fourth-order valence-corrected chi connectivity index (χ4v) is 3.12. The van der Waals surface area contributed by atoms with Crippen LogP contribution in [0.5, 0.6) is 11.5 Å². The molecule has 0 bridgehead atoms. The minimum absolute atomic E-state index is 0. The number of ether oxygens (including phenoxy) is 1. The van der Waals surface area contributed by atoms with Gasteiger partial charge in [0.2, 0.25) is 0 Å². The maximum atomic E-state index is 14.5. The third kappa shape index (κ3) is 6.13. The van der Waals surface area contributed by atoms with Crippen molar-refractivity contribution in [3.63, 3.8) is 0 Å². The number of rotatable bonds is 4. The lowest BCUT2D eigenvalue weighted by atomic mass is 9.95. The minimum atomic E-state index is -4.76. The lowest BCUT2D eigenvalue weighted by Gasteiger charge is -2.35. The molecular weight excluding hydrogens is 423 g/mol. The smallest absolute Gasteiger partial charge is 0.508 e. The van der Waals surface area contributed by atoms with Crippen LogP contribution in [0.4, 0.5) is 17.6 Å². The number of hydrogen-bond donors (Lipinski definition) is 2. The first-order chi connectivity index (χ1) is 12.3. The Bertz CT molecular complexity index is 754. The summed E-state index contributed by atoms with van der Waals surface area (Å²) in [7, 11) is 0. The molecule has 28 heavy (non-hydrogen) atoms.